The Labute approximate surface area is 215 Å². The van der Waals surface area contributed by atoms with Gasteiger partial charge in [-0.1, -0.05) is 0 Å². The van der Waals surface area contributed by atoms with Crippen molar-refractivity contribution in [1.82, 2.24) is 19.5 Å². The zero-order valence-electron chi connectivity index (χ0n) is 19.3. The lowest BCUT2D eigenvalue weighted by Crippen LogP contribution is -2.65. The van der Waals surface area contributed by atoms with Crippen molar-refractivity contribution >= 4 is 32.5 Å². The number of imidazole rings is 1. The number of anilines is 1. The second-order valence-electron chi connectivity index (χ2n) is 8.62. The summed E-state index contributed by atoms with van der Waals surface area (Å²) in [7, 11) is -11.6. The topological polar surface area (TPSA) is 343 Å². The molecule has 0 amide bonds. The molecule has 21 nitrogen and oxygen atoms in total. The molecule has 2 aromatic heterocycles. The summed E-state index contributed by atoms with van der Waals surface area (Å²) in [6.07, 6.45) is -15.0. The van der Waals surface area contributed by atoms with Crippen LogP contribution in [-0.2, 0) is 27.7 Å². The van der Waals surface area contributed by atoms with Crippen LogP contribution in [0.3, 0.4) is 0 Å². The van der Waals surface area contributed by atoms with Crippen LogP contribution in [0, 0.1) is 0 Å². The summed E-state index contributed by atoms with van der Waals surface area (Å²) in [5, 5.41) is 60.8. The third-order valence-corrected chi connectivity index (χ3v) is 8.46. The minimum Gasteiger partial charge on any atom is -0.394 e. The molecule has 10 unspecified atom stereocenters. The molecule has 0 bridgehead atoms. The average molecular weight is 605 g/mol. The number of aromatic nitrogens is 4. The van der Waals surface area contributed by atoms with E-state index >= 15 is 0 Å². The molecule has 23 heteroatoms. The van der Waals surface area contributed by atoms with E-state index in [2.05, 4.69) is 19.5 Å². The molecule has 0 aromatic carbocycles. The van der Waals surface area contributed by atoms with Crippen LogP contribution in [0.25, 0.3) is 11.2 Å². The number of nitrogens with zero attached hydrogens (tertiary/aromatic N) is 3. The summed E-state index contributed by atoms with van der Waals surface area (Å²) in [6, 6.07) is 0. The van der Waals surface area contributed by atoms with Crippen molar-refractivity contribution in [3.63, 3.8) is 0 Å². The largest absolute Gasteiger partial charge is 0.472 e. The third kappa shape index (κ3) is 5.28. The highest BCUT2D eigenvalue weighted by atomic mass is 31.2. The van der Waals surface area contributed by atoms with Crippen LogP contribution in [0.5, 0.6) is 0 Å². The molecule has 0 radical (unpaired) electrons. The zero-order chi connectivity index (χ0) is 29.1. The summed E-state index contributed by atoms with van der Waals surface area (Å²) in [4.78, 5) is 51.1. The van der Waals surface area contributed by atoms with E-state index < -0.39 is 88.7 Å². The fourth-order valence-electron chi connectivity index (χ4n) is 4.16. The Bertz CT molecular complexity index is 1360. The number of aliphatic hydroxyl groups excluding tert-OH is 6. The number of nitrogen functional groups attached to an aromatic ring is 1. The molecule has 0 aliphatic carbocycles. The molecule has 2 aliphatic rings. The normalized spacial score (nSPS) is 37.3. The van der Waals surface area contributed by atoms with Crippen LogP contribution in [0.2, 0.25) is 0 Å². The second-order valence-corrected chi connectivity index (χ2v) is 11.7. The third-order valence-electron chi connectivity index (χ3n) is 6.06. The average Bonchev–Trinajstić information content (AvgIpc) is 3.38. The molecular weight excluding hydrogens is 580 g/mol. The standard InChI is InChI=1S/C16H25N5O16P2/c17-15-19-12-6(13(28)20-15)18-3-21(12)14-10(26)8(24)5(35-14)2-34-38(29,30)16(37-39(31,32)33)11(27)9(25)7(23)4(1-22)36-16/h3-5,7-11,14,22-27H,1-2H2,(H,29,30)(H2,31,32,33)(H3,17,19,20,28). The number of nitrogens with two attached hydrogens (primary N) is 1. The predicted molar refractivity (Wildman–Crippen MR) is 120 cm³/mol. The minimum atomic E-state index is -5.83. The Kier molecular flexibility index (Phi) is 8.08. The minimum absolute atomic E-state index is 0.0616. The molecule has 220 valence electrons. The van der Waals surface area contributed by atoms with Gasteiger partial charge in [0.05, 0.1) is 19.5 Å². The summed E-state index contributed by atoms with van der Waals surface area (Å²) < 4.78 is 45.4. The second kappa shape index (κ2) is 10.5. The van der Waals surface area contributed by atoms with Gasteiger partial charge in [-0.05, 0) is 0 Å². The lowest BCUT2D eigenvalue weighted by molar-refractivity contribution is -0.309. The monoisotopic (exact) mass is 605 g/mol. The van der Waals surface area contributed by atoms with E-state index in [9.17, 15) is 59.2 Å². The Hall–Kier alpha value is -1.91. The zero-order valence-corrected chi connectivity index (χ0v) is 21.1. The van der Waals surface area contributed by atoms with Crippen LogP contribution < -0.4 is 11.3 Å². The van der Waals surface area contributed by atoms with E-state index in [1.807, 2.05) is 0 Å². The van der Waals surface area contributed by atoms with E-state index in [4.69, 9.17) is 19.7 Å². The molecule has 4 rings (SSSR count). The van der Waals surface area contributed by atoms with Crippen molar-refractivity contribution in [2.45, 2.75) is 54.5 Å². The van der Waals surface area contributed by atoms with Crippen LogP contribution in [0.4, 0.5) is 5.95 Å². The fourth-order valence-corrected chi connectivity index (χ4v) is 6.67. The van der Waals surface area contributed by atoms with E-state index in [-0.39, 0.29) is 17.1 Å². The number of hydrogen-bond donors (Lipinski definition) is 11. The number of nitrogens with one attached hydrogen (secondary N) is 1. The van der Waals surface area contributed by atoms with Gasteiger partial charge >= 0.3 is 26.5 Å². The maximum atomic E-state index is 13.2. The van der Waals surface area contributed by atoms with Crippen molar-refractivity contribution in [2.75, 3.05) is 18.9 Å². The lowest BCUT2D eigenvalue weighted by atomic mass is 9.99. The van der Waals surface area contributed by atoms with Gasteiger partial charge in [-0.15, -0.1) is 0 Å². The Morgan fingerprint density at radius 2 is 1.72 bits per heavy atom. The molecule has 0 saturated carbocycles. The molecule has 2 aliphatic heterocycles. The van der Waals surface area contributed by atoms with Crippen LogP contribution in [0.15, 0.2) is 11.1 Å². The fraction of sp³-hybridized carbons (Fsp3) is 0.688. The van der Waals surface area contributed by atoms with E-state index in [0.29, 0.717) is 0 Å². The van der Waals surface area contributed by atoms with Gasteiger partial charge in [0.15, 0.2) is 11.7 Å². The number of phosphoric acid groups is 1. The van der Waals surface area contributed by atoms with E-state index in [1.54, 1.807) is 0 Å². The number of ether oxygens (including phenoxy) is 2. The molecule has 39 heavy (non-hydrogen) atoms. The van der Waals surface area contributed by atoms with Gasteiger partial charge in [-0.25, -0.2) is 14.1 Å². The number of phosphoric ester groups is 1. The highest BCUT2D eigenvalue weighted by Crippen LogP contribution is 2.65. The lowest BCUT2D eigenvalue weighted by Gasteiger charge is -2.47. The molecule has 2 fully saturated rings. The van der Waals surface area contributed by atoms with Crippen molar-refractivity contribution < 1.29 is 73.0 Å². The molecule has 0 spiro atoms. The van der Waals surface area contributed by atoms with Crippen LogP contribution in [0.1, 0.15) is 6.23 Å². The van der Waals surface area contributed by atoms with Gasteiger partial charge in [0.1, 0.15) is 48.4 Å². The highest BCUT2D eigenvalue weighted by molar-refractivity contribution is 7.55. The first-order chi connectivity index (χ1) is 18.0. The summed E-state index contributed by atoms with van der Waals surface area (Å²) in [6.45, 7) is -2.29. The molecular formula is C16H25N5O16P2. The number of rotatable bonds is 8. The Morgan fingerprint density at radius 3 is 2.33 bits per heavy atom. The number of hydrogen-bond acceptors (Lipinski definition) is 16. The quantitative estimate of drug-likeness (QED) is 0.125. The Morgan fingerprint density at radius 1 is 1.08 bits per heavy atom. The van der Waals surface area contributed by atoms with Gasteiger partial charge in [0.25, 0.3) is 0 Å². The van der Waals surface area contributed by atoms with E-state index in [1.165, 1.54) is 0 Å². The highest BCUT2D eigenvalue weighted by Gasteiger charge is 2.68. The number of aromatic amines is 1. The number of H-pyrrole nitrogens is 1. The van der Waals surface area contributed by atoms with E-state index in [0.717, 1.165) is 10.9 Å². The first kappa shape index (κ1) is 30.1. The number of aliphatic hydroxyl groups is 6. The van der Waals surface area contributed by atoms with Crippen LogP contribution >= 0.6 is 15.4 Å². The SMILES string of the molecule is Nc1nc(=O)c2ncn(C3OC(COP(=O)(O)C4(OP(=O)(O)O)OC(CO)C(O)C(O)C4O)C(O)C3O)c2[nH]1. The van der Waals surface area contributed by atoms with Crippen LogP contribution in [-0.4, -0.2) is 126 Å². The summed E-state index contributed by atoms with van der Waals surface area (Å²) in [5.41, 5.74) is 0.701. The molecule has 4 heterocycles. The summed E-state index contributed by atoms with van der Waals surface area (Å²) >= 11 is 0. The smallest absolute Gasteiger partial charge is 0.394 e. The van der Waals surface area contributed by atoms with Gasteiger partial charge in [-0.2, -0.15) is 4.98 Å². The van der Waals surface area contributed by atoms with Crippen molar-refractivity contribution in [3.8, 4) is 0 Å². The number of fused-ring (bicyclic) bond motifs is 1. The van der Waals surface area contributed by atoms with Gasteiger partial charge in [-0.3, -0.25) is 13.9 Å². The molecule has 2 saturated heterocycles. The predicted octanol–water partition coefficient (Wildman–Crippen LogP) is -5.24. The van der Waals surface area contributed by atoms with Crippen molar-refractivity contribution in [2.24, 2.45) is 0 Å². The first-order valence-electron chi connectivity index (χ1n) is 10.8. The molecule has 2 aromatic rings. The molecule has 10 atom stereocenters. The Balaban J connectivity index is 1.60. The maximum absolute atomic E-state index is 13.2. The van der Waals surface area contributed by atoms with Gasteiger partial charge in [0, 0.05) is 0 Å². The summed E-state index contributed by atoms with van der Waals surface area (Å²) in [5.74, 6) is -0.307. The van der Waals surface area contributed by atoms with Crippen molar-refractivity contribution in [1.29, 1.82) is 0 Å². The maximum Gasteiger partial charge on any atom is 0.472 e. The first-order valence-corrected chi connectivity index (χ1v) is 13.9. The van der Waals surface area contributed by atoms with Crippen molar-refractivity contribution in [3.05, 3.63) is 16.7 Å². The molecule has 12 N–H and O–H groups in total. The van der Waals surface area contributed by atoms with Gasteiger partial charge < -0.3 is 70.0 Å². The van der Waals surface area contributed by atoms with Gasteiger partial charge in [0.2, 0.25) is 5.95 Å².